The number of fused-ring (bicyclic) bond motifs is 1. The zero-order valence-electron chi connectivity index (χ0n) is 18.5. The highest BCUT2D eigenvalue weighted by molar-refractivity contribution is 6.08. The Kier molecular flexibility index (Phi) is 5.67. The van der Waals surface area contributed by atoms with Crippen molar-refractivity contribution in [3.8, 4) is 17.0 Å². The van der Waals surface area contributed by atoms with Crippen LogP contribution in [0.25, 0.3) is 22.2 Å². The number of pyridine rings is 1. The summed E-state index contributed by atoms with van der Waals surface area (Å²) in [6.07, 6.45) is 2.93. The van der Waals surface area contributed by atoms with Crippen molar-refractivity contribution in [2.75, 3.05) is 30.4 Å². The number of aromatic amines is 1. The Morgan fingerprint density at radius 2 is 2.06 bits per heavy atom. The summed E-state index contributed by atoms with van der Waals surface area (Å²) < 4.78 is 19.9. The van der Waals surface area contributed by atoms with E-state index in [1.165, 1.54) is 19.4 Å². The van der Waals surface area contributed by atoms with E-state index < -0.39 is 5.82 Å². The zero-order chi connectivity index (χ0) is 23.7. The molecular weight excluding hydrogens is 437 g/mol. The Bertz CT molecular complexity index is 1400. The number of nitrogens with zero attached hydrogens (tertiary/aromatic N) is 3. The summed E-state index contributed by atoms with van der Waals surface area (Å²) in [5.41, 5.74) is 2.45. The maximum atomic E-state index is 14.6. The standard InChI is InChI=1S/C25H22FN5O3/c1-34-22-9-3-8-19(26)23(22)20-12-18-21(13-27-20)29-30-24(18)28-25(33)15-5-2-6-16(11-15)31-10-4-7-17(32)14-31/h2-3,5-6,8-9,11-13H,4,7,10,14H2,1H3,(H2,28,29,30,33). The van der Waals surface area contributed by atoms with Gasteiger partial charge in [0.1, 0.15) is 11.6 Å². The van der Waals surface area contributed by atoms with Crippen LogP contribution >= 0.6 is 0 Å². The van der Waals surface area contributed by atoms with Crippen molar-refractivity contribution in [2.45, 2.75) is 12.8 Å². The van der Waals surface area contributed by atoms with Crippen molar-refractivity contribution < 1.29 is 18.7 Å². The van der Waals surface area contributed by atoms with E-state index in [4.69, 9.17) is 4.74 Å². The largest absolute Gasteiger partial charge is 0.496 e. The number of aromatic nitrogens is 3. The van der Waals surface area contributed by atoms with Crippen LogP contribution in [0.4, 0.5) is 15.9 Å². The predicted octanol–water partition coefficient (Wildman–Crippen LogP) is 4.19. The number of H-pyrrole nitrogens is 1. The van der Waals surface area contributed by atoms with Gasteiger partial charge in [-0.2, -0.15) is 5.10 Å². The van der Waals surface area contributed by atoms with Crippen LogP contribution in [0.5, 0.6) is 5.75 Å². The minimum Gasteiger partial charge on any atom is -0.496 e. The van der Waals surface area contributed by atoms with Gasteiger partial charge in [-0.15, -0.1) is 0 Å². The third-order valence-electron chi connectivity index (χ3n) is 5.85. The minimum absolute atomic E-state index is 0.194. The fourth-order valence-electron chi connectivity index (χ4n) is 4.15. The molecule has 1 amide bonds. The predicted molar refractivity (Wildman–Crippen MR) is 127 cm³/mol. The number of hydrogen-bond donors (Lipinski definition) is 2. The molecule has 2 aromatic carbocycles. The van der Waals surface area contributed by atoms with Crippen molar-refractivity contribution in [2.24, 2.45) is 0 Å². The molecule has 0 radical (unpaired) electrons. The minimum atomic E-state index is -0.465. The smallest absolute Gasteiger partial charge is 0.256 e. The van der Waals surface area contributed by atoms with E-state index in [0.717, 1.165) is 18.7 Å². The van der Waals surface area contributed by atoms with Crippen LogP contribution in [0.2, 0.25) is 0 Å². The van der Waals surface area contributed by atoms with Gasteiger partial charge in [0.2, 0.25) is 0 Å². The van der Waals surface area contributed by atoms with Gasteiger partial charge >= 0.3 is 0 Å². The zero-order valence-corrected chi connectivity index (χ0v) is 18.5. The highest BCUT2D eigenvalue weighted by Crippen LogP contribution is 2.33. The molecule has 1 aliphatic heterocycles. The van der Waals surface area contributed by atoms with E-state index in [1.807, 2.05) is 11.0 Å². The van der Waals surface area contributed by atoms with Crippen LogP contribution in [0.15, 0.2) is 54.7 Å². The molecule has 5 rings (SSSR count). The Hall–Kier alpha value is -4.27. The summed E-state index contributed by atoms with van der Waals surface area (Å²) in [6, 6.07) is 13.4. The second-order valence-electron chi connectivity index (χ2n) is 8.07. The maximum Gasteiger partial charge on any atom is 0.256 e. The quantitative estimate of drug-likeness (QED) is 0.464. The van der Waals surface area contributed by atoms with Crippen molar-refractivity contribution in [3.05, 3.63) is 66.1 Å². The number of carbonyl (C=O) groups excluding carboxylic acids is 2. The van der Waals surface area contributed by atoms with Crippen molar-refractivity contribution >= 4 is 34.1 Å². The number of piperidine rings is 1. The van der Waals surface area contributed by atoms with Gasteiger partial charge in [0.25, 0.3) is 5.91 Å². The van der Waals surface area contributed by atoms with Crippen molar-refractivity contribution in [1.82, 2.24) is 15.2 Å². The molecule has 1 fully saturated rings. The molecule has 0 spiro atoms. The lowest BCUT2D eigenvalue weighted by molar-refractivity contribution is -0.118. The van der Waals surface area contributed by atoms with Crippen LogP contribution in [0, 0.1) is 5.82 Å². The average molecular weight is 459 g/mol. The fourth-order valence-corrected chi connectivity index (χ4v) is 4.15. The molecule has 172 valence electrons. The van der Waals surface area contributed by atoms with E-state index in [9.17, 15) is 14.0 Å². The van der Waals surface area contributed by atoms with Crippen molar-refractivity contribution in [1.29, 1.82) is 0 Å². The number of rotatable bonds is 5. The highest BCUT2D eigenvalue weighted by atomic mass is 19.1. The molecule has 4 aromatic rings. The van der Waals surface area contributed by atoms with Gasteiger partial charge in [0, 0.05) is 29.6 Å². The van der Waals surface area contributed by atoms with E-state index >= 15 is 0 Å². The molecule has 9 heteroatoms. The number of carbonyl (C=O) groups is 2. The molecule has 1 aliphatic rings. The van der Waals surface area contributed by atoms with Gasteiger partial charge < -0.3 is 15.0 Å². The topological polar surface area (TPSA) is 100 Å². The number of amides is 1. The van der Waals surface area contributed by atoms with Crippen LogP contribution < -0.4 is 15.0 Å². The highest BCUT2D eigenvalue weighted by Gasteiger charge is 2.20. The second-order valence-corrected chi connectivity index (χ2v) is 8.07. The molecule has 8 nitrogen and oxygen atoms in total. The number of ether oxygens (including phenoxy) is 1. The first-order chi connectivity index (χ1) is 16.5. The summed E-state index contributed by atoms with van der Waals surface area (Å²) in [5.74, 6) is 0.0418. The van der Waals surface area contributed by atoms with Gasteiger partial charge in [0.15, 0.2) is 11.6 Å². The second kappa shape index (κ2) is 8.93. The molecule has 2 N–H and O–H groups in total. The van der Waals surface area contributed by atoms with Crippen LogP contribution in [-0.2, 0) is 4.79 Å². The molecule has 0 atom stereocenters. The average Bonchev–Trinajstić information content (AvgIpc) is 3.25. The SMILES string of the molecule is COc1cccc(F)c1-c1cc2c(NC(=O)c3cccc(N4CCCC(=O)C4)c3)n[nH]c2cn1. The Balaban J connectivity index is 1.44. The summed E-state index contributed by atoms with van der Waals surface area (Å²) >= 11 is 0. The van der Waals surface area contributed by atoms with E-state index in [-0.39, 0.29) is 17.3 Å². The van der Waals surface area contributed by atoms with Crippen LogP contribution in [0.3, 0.4) is 0 Å². The monoisotopic (exact) mass is 459 g/mol. The Morgan fingerprint density at radius 3 is 2.88 bits per heavy atom. The third kappa shape index (κ3) is 4.07. The molecule has 0 saturated carbocycles. The number of halogens is 1. The molecule has 34 heavy (non-hydrogen) atoms. The van der Waals surface area contributed by atoms with Crippen LogP contribution in [0.1, 0.15) is 23.2 Å². The molecule has 1 saturated heterocycles. The molecule has 2 aromatic heterocycles. The number of ketones is 1. The van der Waals surface area contributed by atoms with Gasteiger partial charge in [-0.1, -0.05) is 12.1 Å². The summed E-state index contributed by atoms with van der Waals surface area (Å²) in [6.45, 7) is 1.13. The lowest BCUT2D eigenvalue weighted by Gasteiger charge is -2.28. The first-order valence-electron chi connectivity index (χ1n) is 10.9. The van der Waals surface area contributed by atoms with Crippen LogP contribution in [-0.4, -0.2) is 47.1 Å². The van der Waals surface area contributed by atoms with Gasteiger partial charge in [-0.05, 0) is 42.8 Å². The van der Waals surface area contributed by atoms with E-state index in [0.29, 0.717) is 46.7 Å². The first kappa shape index (κ1) is 21.6. The van der Waals surface area contributed by atoms with E-state index in [2.05, 4.69) is 20.5 Å². The molecule has 0 aliphatic carbocycles. The lowest BCUT2D eigenvalue weighted by Crippen LogP contribution is -2.35. The number of benzene rings is 2. The van der Waals surface area contributed by atoms with Gasteiger partial charge in [-0.25, -0.2) is 4.39 Å². The number of methoxy groups -OCH3 is 1. The molecular formula is C25H22FN5O3. The Labute approximate surface area is 194 Å². The van der Waals surface area contributed by atoms with Gasteiger partial charge in [0.05, 0.1) is 36.6 Å². The normalized spacial score (nSPS) is 13.8. The number of anilines is 2. The number of nitrogens with one attached hydrogen (secondary N) is 2. The summed E-state index contributed by atoms with van der Waals surface area (Å²) in [5, 5.41) is 10.4. The Morgan fingerprint density at radius 1 is 1.21 bits per heavy atom. The fraction of sp³-hybridized carbons (Fsp3) is 0.200. The summed E-state index contributed by atoms with van der Waals surface area (Å²) in [4.78, 5) is 31.2. The van der Waals surface area contributed by atoms with Gasteiger partial charge in [-0.3, -0.25) is 19.7 Å². The third-order valence-corrected chi connectivity index (χ3v) is 5.85. The summed E-state index contributed by atoms with van der Waals surface area (Å²) in [7, 11) is 1.47. The number of Topliss-reactive ketones (excluding diaryl/α,β-unsaturated/α-hetero) is 1. The van der Waals surface area contributed by atoms with Crippen molar-refractivity contribution in [3.63, 3.8) is 0 Å². The van der Waals surface area contributed by atoms with E-state index in [1.54, 1.807) is 36.4 Å². The molecule has 0 unspecified atom stereocenters. The lowest BCUT2D eigenvalue weighted by atomic mass is 10.1. The maximum absolute atomic E-state index is 14.6. The molecule has 3 heterocycles. The number of hydrogen-bond acceptors (Lipinski definition) is 6. The molecule has 0 bridgehead atoms. The first-order valence-corrected chi connectivity index (χ1v) is 10.9.